The third-order valence-electron chi connectivity index (χ3n) is 4.28. The number of ether oxygens (including phenoxy) is 1. The van der Waals surface area contributed by atoms with Crippen molar-refractivity contribution in [2.45, 2.75) is 37.7 Å². The van der Waals surface area contributed by atoms with E-state index in [1.54, 1.807) is 25.7 Å². The van der Waals surface area contributed by atoms with E-state index in [4.69, 9.17) is 4.74 Å². The van der Waals surface area contributed by atoms with Crippen molar-refractivity contribution in [1.82, 2.24) is 14.5 Å². The van der Waals surface area contributed by atoms with Gasteiger partial charge in [0.15, 0.2) is 0 Å². The van der Waals surface area contributed by atoms with Gasteiger partial charge in [0.25, 0.3) is 5.69 Å². The van der Waals surface area contributed by atoms with Crippen molar-refractivity contribution in [1.29, 1.82) is 0 Å². The Bertz CT molecular complexity index is 886. The number of nitrogens with one attached hydrogen (secondary N) is 1. The fourth-order valence-electron chi connectivity index (χ4n) is 2.81. The number of carbonyl (C=O) groups excluding carboxylic acids is 2. The van der Waals surface area contributed by atoms with Crippen LogP contribution in [0.25, 0.3) is 0 Å². The maximum Gasteiger partial charge on any atom is 0.407 e. The van der Waals surface area contributed by atoms with E-state index in [1.807, 2.05) is 0 Å². The Morgan fingerprint density at radius 1 is 1.13 bits per heavy atom. The molecule has 1 fully saturated rings. The summed E-state index contributed by atoms with van der Waals surface area (Å²) >= 11 is 0. The zero-order chi connectivity index (χ0) is 22.5. The number of nitrogens with zero attached hydrogens (tertiary/aromatic N) is 3. The lowest BCUT2D eigenvalue weighted by molar-refractivity contribution is -0.384. The Morgan fingerprint density at radius 2 is 1.70 bits per heavy atom. The standard InChI is InChI=1S/C18H26N4O7S/c1-18(2,3)29-17(24)19-9-8-16(23)20-10-12-21(13-11-20)30(27,28)15-6-4-14(5-7-15)22(25)26/h4-7H,8-13H2,1-3H3,(H,19,24). The van der Waals surface area contributed by atoms with Gasteiger partial charge in [-0.3, -0.25) is 14.9 Å². The number of carbonyl (C=O) groups is 2. The number of rotatable bonds is 6. The molecule has 0 aromatic heterocycles. The lowest BCUT2D eigenvalue weighted by atomic mass is 10.2. The molecule has 1 aromatic rings. The molecule has 2 amide bonds. The van der Waals surface area contributed by atoms with Gasteiger partial charge in [-0.15, -0.1) is 0 Å². The molecule has 1 saturated heterocycles. The van der Waals surface area contributed by atoms with E-state index in [-0.39, 0.29) is 55.6 Å². The van der Waals surface area contributed by atoms with Gasteiger partial charge in [0, 0.05) is 51.3 Å². The van der Waals surface area contributed by atoms with Gasteiger partial charge in [0.2, 0.25) is 15.9 Å². The molecule has 0 aliphatic carbocycles. The topological polar surface area (TPSA) is 139 Å². The Hall–Kier alpha value is -2.73. The highest BCUT2D eigenvalue weighted by Crippen LogP contribution is 2.21. The number of sulfonamides is 1. The Balaban J connectivity index is 1.84. The SMILES string of the molecule is CC(C)(C)OC(=O)NCCC(=O)N1CCN(S(=O)(=O)c2ccc([N+](=O)[O-])cc2)CC1. The average molecular weight is 442 g/mol. The van der Waals surface area contributed by atoms with Gasteiger partial charge in [-0.25, -0.2) is 13.2 Å². The van der Waals surface area contributed by atoms with Crippen LogP contribution in [0, 0.1) is 10.1 Å². The van der Waals surface area contributed by atoms with E-state index in [0.717, 1.165) is 12.1 Å². The highest BCUT2D eigenvalue weighted by atomic mass is 32.2. The zero-order valence-corrected chi connectivity index (χ0v) is 18.0. The van der Waals surface area contributed by atoms with E-state index >= 15 is 0 Å². The largest absolute Gasteiger partial charge is 0.444 e. The molecule has 1 aromatic carbocycles. The summed E-state index contributed by atoms with van der Waals surface area (Å²) in [5, 5.41) is 13.2. The minimum atomic E-state index is -3.80. The molecule has 0 atom stereocenters. The van der Waals surface area contributed by atoms with Gasteiger partial charge in [0.05, 0.1) is 9.82 Å². The summed E-state index contributed by atoms with van der Waals surface area (Å²) in [6.45, 7) is 6.00. The highest BCUT2D eigenvalue weighted by Gasteiger charge is 2.30. The molecule has 0 radical (unpaired) electrons. The molecule has 12 heteroatoms. The van der Waals surface area contributed by atoms with Crippen LogP contribution < -0.4 is 5.32 Å². The van der Waals surface area contributed by atoms with Gasteiger partial charge in [-0.05, 0) is 32.9 Å². The fourth-order valence-corrected chi connectivity index (χ4v) is 4.23. The highest BCUT2D eigenvalue weighted by molar-refractivity contribution is 7.89. The van der Waals surface area contributed by atoms with Crippen LogP contribution in [-0.2, 0) is 19.6 Å². The predicted molar refractivity (Wildman–Crippen MR) is 107 cm³/mol. The molecule has 30 heavy (non-hydrogen) atoms. The molecule has 0 saturated carbocycles. The third-order valence-corrected chi connectivity index (χ3v) is 6.20. The first-order chi connectivity index (χ1) is 13.9. The molecule has 0 bridgehead atoms. The molecule has 2 rings (SSSR count). The number of benzene rings is 1. The molecule has 0 spiro atoms. The van der Waals surface area contributed by atoms with Crippen molar-refractivity contribution in [2.75, 3.05) is 32.7 Å². The Labute approximate surface area is 175 Å². The number of hydrogen-bond acceptors (Lipinski definition) is 7. The third kappa shape index (κ3) is 6.39. The molecule has 1 N–H and O–H groups in total. The van der Waals surface area contributed by atoms with Gasteiger partial charge < -0.3 is 15.0 Å². The number of amides is 2. The van der Waals surface area contributed by atoms with Crippen molar-refractivity contribution in [2.24, 2.45) is 0 Å². The Morgan fingerprint density at radius 3 is 2.20 bits per heavy atom. The molecule has 1 aliphatic rings. The van der Waals surface area contributed by atoms with Gasteiger partial charge >= 0.3 is 6.09 Å². The Kier molecular flexibility index (Phi) is 7.37. The second-order valence-electron chi connectivity index (χ2n) is 7.71. The van der Waals surface area contributed by atoms with Crippen molar-refractivity contribution in [3.63, 3.8) is 0 Å². The van der Waals surface area contributed by atoms with Crippen LogP contribution in [0.5, 0.6) is 0 Å². The van der Waals surface area contributed by atoms with Crippen LogP contribution in [0.15, 0.2) is 29.2 Å². The monoisotopic (exact) mass is 442 g/mol. The molecule has 1 heterocycles. The summed E-state index contributed by atoms with van der Waals surface area (Å²) in [4.78, 5) is 35.5. The summed E-state index contributed by atoms with van der Waals surface area (Å²) in [6, 6.07) is 4.69. The van der Waals surface area contributed by atoms with Crippen LogP contribution >= 0.6 is 0 Å². The molecule has 1 aliphatic heterocycles. The molecule has 11 nitrogen and oxygen atoms in total. The fraction of sp³-hybridized carbons (Fsp3) is 0.556. The number of nitro benzene ring substituents is 1. The predicted octanol–water partition coefficient (Wildman–Crippen LogP) is 1.34. The lowest BCUT2D eigenvalue weighted by Crippen LogP contribution is -2.50. The first-order valence-corrected chi connectivity index (χ1v) is 10.8. The van der Waals surface area contributed by atoms with Crippen molar-refractivity contribution in [3.05, 3.63) is 34.4 Å². The number of non-ortho nitro benzene ring substituents is 1. The summed E-state index contributed by atoms with van der Waals surface area (Å²) < 4.78 is 31.7. The first-order valence-electron chi connectivity index (χ1n) is 9.39. The average Bonchev–Trinajstić information content (AvgIpc) is 2.66. The normalized spacial score (nSPS) is 15.5. The smallest absolute Gasteiger partial charge is 0.407 e. The zero-order valence-electron chi connectivity index (χ0n) is 17.2. The summed E-state index contributed by atoms with van der Waals surface area (Å²) in [7, 11) is -3.80. The summed E-state index contributed by atoms with van der Waals surface area (Å²) in [6.07, 6.45) is -0.525. The molecular formula is C18H26N4O7S. The maximum atomic E-state index is 12.7. The van der Waals surface area contributed by atoms with Crippen LogP contribution in [0.1, 0.15) is 27.2 Å². The minimum Gasteiger partial charge on any atom is -0.444 e. The van der Waals surface area contributed by atoms with E-state index in [0.29, 0.717) is 0 Å². The van der Waals surface area contributed by atoms with Gasteiger partial charge in [-0.2, -0.15) is 4.31 Å². The van der Waals surface area contributed by atoms with Gasteiger partial charge in [0.1, 0.15) is 5.60 Å². The second-order valence-corrected chi connectivity index (χ2v) is 9.65. The van der Waals surface area contributed by atoms with Crippen molar-refractivity contribution >= 4 is 27.7 Å². The molecule has 166 valence electrons. The van der Waals surface area contributed by atoms with E-state index < -0.39 is 26.6 Å². The van der Waals surface area contributed by atoms with Crippen LogP contribution in [0.2, 0.25) is 0 Å². The number of hydrogen-bond donors (Lipinski definition) is 1. The number of piperazine rings is 1. The summed E-state index contributed by atoms with van der Waals surface area (Å²) in [5.74, 6) is -0.196. The first kappa shape index (κ1) is 23.5. The summed E-state index contributed by atoms with van der Waals surface area (Å²) in [5.41, 5.74) is -0.816. The van der Waals surface area contributed by atoms with Crippen LogP contribution in [0.3, 0.4) is 0 Å². The second kappa shape index (κ2) is 9.39. The number of alkyl carbamates (subject to hydrolysis) is 1. The van der Waals surface area contributed by atoms with Gasteiger partial charge in [-0.1, -0.05) is 0 Å². The van der Waals surface area contributed by atoms with Crippen molar-refractivity contribution < 1.29 is 27.7 Å². The minimum absolute atomic E-state index is 0.0329. The van der Waals surface area contributed by atoms with Crippen LogP contribution in [0.4, 0.5) is 10.5 Å². The quantitative estimate of drug-likeness (QED) is 0.518. The number of nitro groups is 1. The van der Waals surface area contributed by atoms with E-state index in [2.05, 4.69) is 5.32 Å². The lowest BCUT2D eigenvalue weighted by Gasteiger charge is -2.34. The molecule has 0 unspecified atom stereocenters. The van der Waals surface area contributed by atoms with E-state index in [9.17, 15) is 28.1 Å². The van der Waals surface area contributed by atoms with Crippen molar-refractivity contribution in [3.8, 4) is 0 Å². The maximum absolute atomic E-state index is 12.7. The van der Waals surface area contributed by atoms with Crippen LogP contribution in [-0.4, -0.2) is 72.9 Å². The van der Waals surface area contributed by atoms with E-state index in [1.165, 1.54) is 16.4 Å². The molecular weight excluding hydrogens is 416 g/mol.